The van der Waals surface area contributed by atoms with Crippen molar-refractivity contribution in [3.8, 4) is 0 Å². The Balaban J connectivity index is 2.53. The third kappa shape index (κ3) is 1.85. The van der Waals surface area contributed by atoms with Gasteiger partial charge in [-0.25, -0.2) is 4.98 Å². The second kappa shape index (κ2) is 4.14. The topological polar surface area (TPSA) is 77.0 Å². The molecule has 0 amide bonds. The number of nitrogens with two attached hydrogens (primary N) is 2. The average molecular weight is 202 g/mol. The molecular weight excluding hydrogens is 188 g/mol. The van der Waals surface area contributed by atoms with E-state index in [-0.39, 0.29) is 0 Å². The second-order valence-electron chi connectivity index (χ2n) is 3.32. The fourth-order valence-corrected chi connectivity index (χ4v) is 1.58. The van der Waals surface area contributed by atoms with Gasteiger partial charge in [-0.15, -0.1) is 0 Å². The molecule has 0 aliphatic heterocycles. The van der Waals surface area contributed by atoms with E-state index >= 15 is 0 Å². The zero-order chi connectivity index (χ0) is 10.7. The zero-order valence-corrected chi connectivity index (χ0v) is 8.40. The van der Waals surface area contributed by atoms with Crippen molar-refractivity contribution in [2.45, 2.75) is 0 Å². The van der Waals surface area contributed by atoms with Crippen LogP contribution in [0.15, 0.2) is 30.5 Å². The van der Waals surface area contributed by atoms with Gasteiger partial charge in [-0.05, 0) is 17.5 Å². The quantitative estimate of drug-likeness (QED) is 0.653. The first-order valence-electron chi connectivity index (χ1n) is 4.90. The summed E-state index contributed by atoms with van der Waals surface area (Å²) < 4.78 is 0. The Morgan fingerprint density at radius 1 is 1.27 bits per heavy atom. The van der Waals surface area contributed by atoms with Gasteiger partial charge in [-0.3, -0.25) is 0 Å². The van der Waals surface area contributed by atoms with Gasteiger partial charge in [-0.2, -0.15) is 0 Å². The van der Waals surface area contributed by atoms with Crippen molar-refractivity contribution in [3.05, 3.63) is 30.5 Å². The number of rotatable bonds is 3. The average Bonchev–Trinajstić information content (AvgIpc) is 2.26. The molecule has 0 spiro atoms. The van der Waals surface area contributed by atoms with Gasteiger partial charge < -0.3 is 16.8 Å². The number of fused-ring (bicyclic) bond motifs is 1. The molecule has 0 bridgehead atoms. The lowest BCUT2D eigenvalue weighted by Gasteiger charge is -2.09. The Morgan fingerprint density at radius 2 is 2.13 bits per heavy atom. The highest BCUT2D eigenvalue weighted by molar-refractivity contribution is 6.00. The van der Waals surface area contributed by atoms with Crippen LogP contribution in [0.5, 0.6) is 0 Å². The van der Waals surface area contributed by atoms with E-state index < -0.39 is 0 Å². The van der Waals surface area contributed by atoms with Crippen LogP contribution in [0.4, 0.5) is 11.5 Å². The summed E-state index contributed by atoms with van der Waals surface area (Å²) in [6.45, 7) is 1.27. The highest BCUT2D eigenvalue weighted by Gasteiger charge is 2.03. The van der Waals surface area contributed by atoms with E-state index in [0.29, 0.717) is 13.1 Å². The largest absolute Gasteiger partial charge is 0.398 e. The van der Waals surface area contributed by atoms with Gasteiger partial charge in [0.15, 0.2) is 0 Å². The number of benzene rings is 1. The van der Waals surface area contributed by atoms with Gasteiger partial charge in [-0.1, -0.05) is 12.1 Å². The second-order valence-corrected chi connectivity index (χ2v) is 3.32. The van der Waals surface area contributed by atoms with E-state index in [1.807, 2.05) is 24.3 Å². The maximum Gasteiger partial charge on any atom is 0.135 e. The lowest BCUT2D eigenvalue weighted by atomic mass is 10.1. The molecule has 0 aliphatic carbocycles. The van der Waals surface area contributed by atoms with Gasteiger partial charge in [0.05, 0.1) is 0 Å². The van der Waals surface area contributed by atoms with Gasteiger partial charge in [0.2, 0.25) is 0 Å². The molecule has 2 rings (SSSR count). The predicted octanol–water partition coefficient (Wildman–Crippen LogP) is 1.19. The number of hydrogen-bond donors (Lipinski definition) is 3. The van der Waals surface area contributed by atoms with E-state index in [1.165, 1.54) is 0 Å². The van der Waals surface area contributed by atoms with Crippen LogP contribution >= 0.6 is 0 Å². The van der Waals surface area contributed by atoms with E-state index in [9.17, 15) is 0 Å². The molecule has 1 heterocycles. The monoisotopic (exact) mass is 202 g/mol. The molecule has 0 radical (unpaired) electrons. The van der Waals surface area contributed by atoms with Gasteiger partial charge in [0.25, 0.3) is 0 Å². The van der Waals surface area contributed by atoms with Crippen molar-refractivity contribution in [3.63, 3.8) is 0 Å². The number of nitrogens with zero attached hydrogens (tertiary/aromatic N) is 1. The summed E-state index contributed by atoms with van der Waals surface area (Å²) in [6, 6.07) is 7.77. The molecule has 78 valence electrons. The van der Waals surface area contributed by atoms with Crippen LogP contribution in [0.2, 0.25) is 0 Å². The zero-order valence-electron chi connectivity index (χ0n) is 8.40. The Hall–Kier alpha value is -1.81. The van der Waals surface area contributed by atoms with Crippen molar-refractivity contribution in [2.24, 2.45) is 5.73 Å². The SMILES string of the molecule is NCCNc1nccc2cccc(N)c12. The summed E-state index contributed by atoms with van der Waals surface area (Å²) in [5.41, 5.74) is 12.1. The number of hydrogen-bond acceptors (Lipinski definition) is 4. The van der Waals surface area contributed by atoms with Crippen molar-refractivity contribution in [2.75, 3.05) is 24.1 Å². The van der Waals surface area contributed by atoms with Crippen LogP contribution in [0.25, 0.3) is 10.8 Å². The summed E-state index contributed by atoms with van der Waals surface area (Å²) in [5, 5.41) is 5.22. The highest BCUT2D eigenvalue weighted by Crippen LogP contribution is 2.26. The Kier molecular flexibility index (Phi) is 2.69. The standard InChI is InChI=1S/C11H14N4/c12-5-7-15-11-10-8(4-6-14-11)2-1-3-9(10)13/h1-4,6H,5,7,12-13H2,(H,14,15). The third-order valence-electron chi connectivity index (χ3n) is 2.26. The van der Waals surface area contributed by atoms with Gasteiger partial charge >= 0.3 is 0 Å². The Bertz CT molecular complexity index is 462. The molecule has 1 aromatic heterocycles. The molecule has 5 N–H and O–H groups in total. The third-order valence-corrected chi connectivity index (χ3v) is 2.26. The fourth-order valence-electron chi connectivity index (χ4n) is 1.58. The minimum atomic E-state index is 0.574. The maximum absolute atomic E-state index is 5.92. The molecule has 0 saturated carbocycles. The summed E-state index contributed by atoms with van der Waals surface area (Å²) in [4.78, 5) is 4.26. The fraction of sp³-hybridized carbons (Fsp3) is 0.182. The van der Waals surface area contributed by atoms with Crippen LogP contribution in [-0.4, -0.2) is 18.1 Å². The molecule has 1 aromatic carbocycles. The molecule has 0 atom stereocenters. The molecule has 0 aliphatic rings. The molecule has 0 unspecified atom stereocenters. The summed E-state index contributed by atoms with van der Waals surface area (Å²) in [5.74, 6) is 0.802. The van der Waals surface area contributed by atoms with Crippen molar-refractivity contribution >= 4 is 22.3 Å². The van der Waals surface area contributed by atoms with E-state index in [1.54, 1.807) is 6.20 Å². The Labute approximate surface area is 88.3 Å². The number of aromatic nitrogens is 1. The predicted molar refractivity (Wildman–Crippen MR) is 63.7 cm³/mol. The van der Waals surface area contributed by atoms with E-state index in [4.69, 9.17) is 11.5 Å². The molecule has 2 aromatic rings. The normalized spacial score (nSPS) is 10.5. The number of nitrogen functional groups attached to an aromatic ring is 1. The van der Waals surface area contributed by atoms with Crippen LogP contribution in [0.3, 0.4) is 0 Å². The first-order chi connectivity index (χ1) is 7.33. The smallest absolute Gasteiger partial charge is 0.135 e. The van der Waals surface area contributed by atoms with Gasteiger partial charge in [0.1, 0.15) is 5.82 Å². The molecular formula is C11H14N4. The lowest BCUT2D eigenvalue weighted by molar-refractivity contribution is 1.02. The van der Waals surface area contributed by atoms with Crippen LogP contribution in [0, 0.1) is 0 Å². The summed E-state index contributed by atoms with van der Waals surface area (Å²) in [7, 11) is 0. The van der Waals surface area contributed by atoms with E-state index in [0.717, 1.165) is 22.3 Å². The number of pyridine rings is 1. The van der Waals surface area contributed by atoms with Crippen LogP contribution < -0.4 is 16.8 Å². The molecule has 4 nitrogen and oxygen atoms in total. The molecule has 0 saturated heterocycles. The first-order valence-corrected chi connectivity index (χ1v) is 4.90. The summed E-state index contributed by atoms with van der Waals surface area (Å²) >= 11 is 0. The number of anilines is 2. The molecule has 0 fully saturated rings. The van der Waals surface area contributed by atoms with E-state index in [2.05, 4.69) is 10.3 Å². The van der Waals surface area contributed by atoms with Crippen LogP contribution in [-0.2, 0) is 0 Å². The lowest BCUT2D eigenvalue weighted by Crippen LogP contribution is -2.14. The first kappa shape index (κ1) is 9.73. The van der Waals surface area contributed by atoms with Gasteiger partial charge in [0, 0.05) is 30.4 Å². The maximum atomic E-state index is 5.92. The minimum absolute atomic E-state index is 0.574. The summed E-state index contributed by atoms with van der Waals surface area (Å²) in [6.07, 6.45) is 1.76. The van der Waals surface area contributed by atoms with Crippen molar-refractivity contribution in [1.82, 2.24) is 4.98 Å². The van der Waals surface area contributed by atoms with Crippen molar-refractivity contribution < 1.29 is 0 Å². The van der Waals surface area contributed by atoms with Crippen LogP contribution in [0.1, 0.15) is 0 Å². The molecule has 15 heavy (non-hydrogen) atoms. The molecule has 4 heteroatoms. The Morgan fingerprint density at radius 3 is 2.93 bits per heavy atom. The highest BCUT2D eigenvalue weighted by atomic mass is 15.0. The minimum Gasteiger partial charge on any atom is -0.398 e. The van der Waals surface area contributed by atoms with Crippen molar-refractivity contribution in [1.29, 1.82) is 0 Å². The number of nitrogens with one attached hydrogen (secondary N) is 1.